The number of nitrogens with zero attached hydrogens (tertiary/aromatic N) is 5. The zero-order valence-electron chi connectivity index (χ0n) is 14.6. The van der Waals surface area contributed by atoms with Crippen molar-refractivity contribution in [2.75, 3.05) is 37.7 Å². The van der Waals surface area contributed by atoms with E-state index in [1.807, 2.05) is 0 Å². The van der Waals surface area contributed by atoms with Gasteiger partial charge in [-0.1, -0.05) is 5.16 Å². The van der Waals surface area contributed by atoms with Crippen molar-refractivity contribution in [3.05, 3.63) is 18.0 Å². The first-order chi connectivity index (χ1) is 12.8. The number of carbonyl (C=O) groups excluding carboxylic acids is 1. The molecule has 2 fully saturated rings. The first kappa shape index (κ1) is 19.3. The van der Waals surface area contributed by atoms with Crippen LogP contribution in [0, 0.1) is 5.92 Å². The minimum atomic E-state index is -4.46. The van der Waals surface area contributed by atoms with Gasteiger partial charge in [0.2, 0.25) is 5.95 Å². The molecule has 0 radical (unpaired) electrons. The maximum absolute atomic E-state index is 12.5. The van der Waals surface area contributed by atoms with E-state index < -0.39 is 11.7 Å². The molecule has 0 unspecified atom stereocenters. The van der Waals surface area contributed by atoms with E-state index in [1.54, 1.807) is 9.80 Å². The van der Waals surface area contributed by atoms with Crippen molar-refractivity contribution in [1.29, 1.82) is 0 Å². The fraction of sp³-hybridized carbons (Fsp3) is 0.625. The third kappa shape index (κ3) is 5.28. The largest absolute Gasteiger partial charge is 0.419 e. The van der Waals surface area contributed by atoms with Gasteiger partial charge in [0.05, 0.1) is 11.8 Å². The molecule has 11 heteroatoms. The number of oxime groups is 1. The molecular formula is C16H21F3N6O2. The second kappa shape index (κ2) is 8.07. The second-order valence-electron chi connectivity index (χ2n) is 6.58. The van der Waals surface area contributed by atoms with Gasteiger partial charge in [0, 0.05) is 44.6 Å². The molecule has 1 aromatic rings. The van der Waals surface area contributed by atoms with Gasteiger partial charge in [-0.2, -0.15) is 13.2 Å². The Morgan fingerprint density at radius 2 is 1.93 bits per heavy atom. The summed E-state index contributed by atoms with van der Waals surface area (Å²) in [7, 11) is 0. The number of alkyl halides is 3. The van der Waals surface area contributed by atoms with Crippen molar-refractivity contribution in [1.82, 2.24) is 14.9 Å². The number of halogens is 3. The van der Waals surface area contributed by atoms with E-state index in [2.05, 4.69) is 15.1 Å². The maximum atomic E-state index is 12.5. The Labute approximate surface area is 154 Å². The Hall–Kier alpha value is -2.43. The van der Waals surface area contributed by atoms with Crippen LogP contribution >= 0.6 is 0 Å². The Kier molecular flexibility index (Phi) is 5.78. The molecular weight excluding hydrogens is 365 g/mol. The minimum absolute atomic E-state index is 0.132. The molecule has 0 aromatic carbocycles. The van der Waals surface area contributed by atoms with Crippen molar-refractivity contribution >= 4 is 18.1 Å². The predicted octanol–water partition coefficient (Wildman–Crippen LogP) is 0.884. The SMILES string of the molecule is N[C@H](/C=N/OCC(=O)N1CCN(c2ncc(C(F)(F)F)cn2)CC1)C1CC1. The molecule has 1 saturated carbocycles. The van der Waals surface area contributed by atoms with Crippen LogP contribution in [0.15, 0.2) is 17.5 Å². The van der Waals surface area contributed by atoms with E-state index in [0.29, 0.717) is 32.1 Å². The van der Waals surface area contributed by atoms with Crippen molar-refractivity contribution in [3.8, 4) is 0 Å². The number of rotatable bonds is 6. The Morgan fingerprint density at radius 3 is 2.48 bits per heavy atom. The summed E-state index contributed by atoms with van der Waals surface area (Å²) < 4.78 is 37.6. The molecule has 1 saturated heterocycles. The molecule has 2 aliphatic rings. The second-order valence-corrected chi connectivity index (χ2v) is 6.58. The topological polar surface area (TPSA) is 96.9 Å². The van der Waals surface area contributed by atoms with Crippen molar-refractivity contribution in [2.45, 2.75) is 25.1 Å². The third-order valence-corrected chi connectivity index (χ3v) is 4.54. The lowest BCUT2D eigenvalue weighted by molar-refractivity contribution is -0.138. The lowest BCUT2D eigenvalue weighted by Crippen LogP contribution is -2.50. The molecule has 0 spiro atoms. The highest BCUT2D eigenvalue weighted by Gasteiger charge is 2.32. The monoisotopic (exact) mass is 386 g/mol. The van der Waals surface area contributed by atoms with E-state index in [0.717, 1.165) is 25.2 Å². The standard InChI is InChI=1S/C16H21F3N6O2/c17-16(18,19)12-7-21-15(22-8-12)25-5-3-24(4-6-25)14(26)10-27-23-9-13(20)11-1-2-11/h7-9,11,13H,1-6,10,20H2/b23-9+/t13-/m1/s1. The zero-order valence-corrected chi connectivity index (χ0v) is 14.6. The molecule has 2 N–H and O–H groups in total. The average molecular weight is 386 g/mol. The van der Waals surface area contributed by atoms with Crippen LogP contribution in [0.3, 0.4) is 0 Å². The van der Waals surface area contributed by atoms with Gasteiger partial charge in [-0.25, -0.2) is 9.97 Å². The third-order valence-electron chi connectivity index (χ3n) is 4.54. The fourth-order valence-electron chi connectivity index (χ4n) is 2.69. The van der Waals surface area contributed by atoms with Gasteiger partial charge >= 0.3 is 6.18 Å². The van der Waals surface area contributed by atoms with Crippen molar-refractivity contribution in [2.24, 2.45) is 16.8 Å². The summed E-state index contributed by atoms with van der Waals surface area (Å²) in [6.45, 7) is 1.47. The lowest BCUT2D eigenvalue weighted by atomic mass is 10.2. The van der Waals surface area contributed by atoms with Gasteiger partial charge in [0.25, 0.3) is 5.91 Å². The van der Waals surface area contributed by atoms with Crippen molar-refractivity contribution < 1.29 is 22.8 Å². The molecule has 1 aliphatic heterocycles. The van der Waals surface area contributed by atoms with Crippen LogP contribution in [-0.2, 0) is 15.8 Å². The number of anilines is 1. The van der Waals surface area contributed by atoms with Gasteiger partial charge in [0.15, 0.2) is 6.61 Å². The average Bonchev–Trinajstić information content (AvgIpc) is 3.50. The van der Waals surface area contributed by atoms with Crippen LogP contribution in [-0.4, -0.2) is 65.8 Å². The van der Waals surface area contributed by atoms with Crippen LogP contribution in [0.4, 0.5) is 19.1 Å². The van der Waals surface area contributed by atoms with Gasteiger partial charge in [-0.05, 0) is 18.8 Å². The molecule has 1 amide bonds. The van der Waals surface area contributed by atoms with E-state index in [9.17, 15) is 18.0 Å². The summed E-state index contributed by atoms with van der Waals surface area (Å²) in [6, 6.07) is -0.132. The first-order valence-corrected chi connectivity index (χ1v) is 8.67. The highest BCUT2D eigenvalue weighted by atomic mass is 19.4. The number of nitrogens with two attached hydrogens (primary N) is 1. The fourth-order valence-corrected chi connectivity index (χ4v) is 2.69. The molecule has 148 valence electrons. The molecule has 27 heavy (non-hydrogen) atoms. The van der Waals surface area contributed by atoms with E-state index >= 15 is 0 Å². The zero-order chi connectivity index (χ0) is 19.4. The molecule has 0 bridgehead atoms. The maximum Gasteiger partial charge on any atom is 0.419 e. The van der Waals surface area contributed by atoms with E-state index in [1.165, 1.54) is 6.21 Å². The summed E-state index contributed by atoms with van der Waals surface area (Å²) in [4.78, 5) is 28.0. The van der Waals surface area contributed by atoms with Crippen LogP contribution < -0.4 is 10.6 Å². The number of piperazine rings is 1. The Morgan fingerprint density at radius 1 is 1.30 bits per heavy atom. The van der Waals surface area contributed by atoms with E-state index in [4.69, 9.17) is 10.6 Å². The summed E-state index contributed by atoms with van der Waals surface area (Å²) in [5, 5.41) is 3.74. The Bertz CT molecular complexity index is 670. The van der Waals surface area contributed by atoms with Crippen molar-refractivity contribution in [3.63, 3.8) is 0 Å². The smallest absolute Gasteiger partial charge is 0.386 e. The number of carbonyl (C=O) groups is 1. The number of amides is 1. The van der Waals surface area contributed by atoms with Gasteiger partial charge < -0.3 is 20.4 Å². The molecule has 8 nitrogen and oxygen atoms in total. The normalized spacial score (nSPS) is 19.4. The number of hydrogen-bond donors (Lipinski definition) is 1. The van der Waals surface area contributed by atoms with Gasteiger partial charge in [-0.15, -0.1) is 0 Å². The summed E-state index contributed by atoms with van der Waals surface area (Å²) in [6.07, 6.45) is 0.772. The number of hydrogen-bond acceptors (Lipinski definition) is 7. The minimum Gasteiger partial charge on any atom is -0.386 e. The van der Waals surface area contributed by atoms with Gasteiger partial charge in [0.1, 0.15) is 0 Å². The van der Waals surface area contributed by atoms with Crippen LogP contribution in [0.2, 0.25) is 0 Å². The molecule has 1 atom stereocenters. The summed E-state index contributed by atoms with van der Waals surface area (Å²) in [5.41, 5.74) is 4.95. The van der Waals surface area contributed by atoms with Gasteiger partial charge in [-0.3, -0.25) is 4.79 Å². The molecule has 2 heterocycles. The van der Waals surface area contributed by atoms with Crippen LogP contribution in [0.25, 0.3) is 0 Å². The lowest BCUT2D eigenvalue weighted by Gasteiger charge is -2.34. The first-order valence-electron chi connectivity index (χ1n) is 8.67. The summed E-state index contributed by atoms with van der Waals surface area (Å²) in [5.74, 6) is 0.471. The number of aromatic nitrogens is 2. The molecule has 3 rings (SSSR count). The highest BCUT2D eigenvalue weighted by Crippen LogP contribution is 2.30. The van der Waals surface area contributed by atoms with Crippen LogP contribution in [0.5, 0.6) is 0 Å². The van der Waals surface area contributed by atoms with Crippen LogP contribution in [0.1, 0.15) is 18.4 Å². The predicted molar refractivity (Wildman–Crippen MR) is 91.0 cm³/mol. The molecule has 1 aromatic heterocycles. The molecule has 1 aliphatic carbocycles. The Balaban J connectivity index is 1.42. The quantitative estimate of drug-likeness (QED) is 0.576. The van der Waals surface area contributed by atoms with E-state index in [-0.39, 0.29) is 24.5 Å². The highest BCUT2D eigenvalue weighted by molar-refractivity contribution is 5.77. The summed E-state index contributed by atoms with van der Waals surface area (Å²) >= 11 is 0.